The van der Waals surface area contributed by atoms with Crippen LogP contribution < -0.4 is 0 Å². The van der Waals surface area contributed by atoms with Crippen molar-refractivity contribution in [1.82, 2.24) is 0 Å². The SMILES string of the molecule is Cc1cc(C)c(S(=O)O)c(C)c1C. The normalized spacial score (nSPS) is 13.0. The Labute approximate surface area is 81.3 Å². The van der Waals surface area contributed by atoms with Crippen molar-refractivity contribution in [3.05, 3.63) is 28.3 Å². The van der Waals surface area contributed by atoms with E-state index in [1.807, 2.05) is 33.8 Å². The van der Waals surface area contributed by atoms with Gasteiger partial charge in [-0.05, 0) is 49.9 Å². The molecule has 0 spiro atoms. The zero-order valence-electron chi connectivity index (χ0n) is 8.34. The topological polar surface area (TPSA) is 37.3 Å². The molecule has 1 unspecified atom stereocenters. The standard InChI is InChI=1S/C10H14O2S/c1-6-5-7(2)10(13(11)12)9(4)8(6)3/h5H,1-4H3,(H,11,12). The summed E-state index contributed by atoms with van der Waals surface area (Å²) in [5, 5.41) is 0. The van der Waals surface area contributed by atoms with E-state index in [0.717, 1.165) is 16.7 Å². The molecule has 0 saturated carbocycles. The molecule has 72 valence electrons. The van der Waals surface area contributed by atoms with Gasteiger partial charge in [-0.2, -0.15) is 0 Å². The molecular weight excluding hydrogens is 184 g/mol. The molecule has 0 saturated heterocycles. The number of aryl methyl sites for hydroxylation is 2. The van der Waals surface area contributed by atoms with Crippen molar-refractivity contribution in [3.8, 4) is 0 Å². The molecule has 0 bridgehead atoms. The van der Waals surface area contributed by atoms with Crippen molar-refractivity contribution in [3.63, 3.8) is 0 Å². The molecule has 2 nitrogen and oxygen atoms in total. The lowest BCUT2D eigenvalue weighted by Crippen LogP contribution is -2.00. The van der Waals surface area contributed by atoms with Crippen LogP contribution in [0.15, 0.2) is 11.0 Å². The molecule has 1 rings (SSSR count). The first-order chi connectivity index (χ1) is 5.95. The summed E-state index contributed by atoms with van der Waals surface area (Å²) >= 11 is -1.87. The van der Waals surface area contributed by atoms with E-state index in [4.69, 9.17) is 4.55 Å². The van der Waals surface area contributed by atoms with Crippen LogP contribution in [0.4, 0.5) is 0 Å². The molecule has 3 heteroatoms. The molecule has 1 aromatic rings. The van der Waals surface area contributed by atoms with Gasteiger partial charge in [0, 0.05) is 0 Å². The van der Waals surface area contributed by atoms with Gasteiger partial charge in [-0.1, -0.05) is 6.07 Å². The summed E-state index contributed by atoms with van der Waals surface area (Å²) < 4.78 is 20.1. The number of rotatable bonds is 1. The van der Waals surface area contributed by atoms with Crippen LogP contribution in [-0.4, -0.2) is 8.76 Å². The lowest BCUT2D eigenvalue weighted by atomic mass is 10.0. The van der Waals surface area contributed by atoms with Gasteiger partial charge in [0.25, 0.3) is 0 Å². The van der Waals surface area contributed by atoms with E-state index in [0.29, 0.717) is 4.90 Å². The Bertz CT molecular complexity index is 370. The molecule has 0 heterocycles. The summed E-state index contributed by atoms with van der Waals surface area (Å²) in [5.41, 5.74) is 4.09. The van der Waals surface area contributed by atoms with E-state index in [9.17, 15) is 4.21 Å². The number of hydrogen-bond acceptors (Lipinski definition) is 1. The summed E-state index contributed by atoms with van der Waals surface area (Å²) in [5.74, 6) is 0. The van der Waals surface area contributed by atoms with E-state index in [-0.39, 0.29) is 0 Å². The van der Waals surface area contributed by atoms with Crippen molar-refractivity contribution >= 4 is 11.1 Å². The maximum atomic E-state index is 11.0. The predicted octanol–water partition coefficient (Wildman–Crippen LogP) is 2.50. The molecular formula is C10H14O2S. The van der Waals surface area contributed by atoms with Gasteiger partial charge in [0.15, 0.2) is 11.1 Å². The Morgan fingerprint density at radius 1 is 1.08 bits per heavy atom. The monoisotopic (exact) mass is 198 g/mol. The van der Waals surface area contributed by atoms with Crippen LogP contribution in [0.5, 0.6) is 0 Å². The Hall–Kier alpha value is -0.670. The van der Waals surface area contributed by atoms with Crippen LogP contribution in [0.25, 0.3) is 0 Å². The highest BCUT2D eigenvalue weighted by Crippen LogP contribution is 2.23. The maximum absolute atomic E-state index is 11.0. The summed E-state index contributed by atoms with van der Waals surface area (Å²) in [7, 11) is 0. The van der Waals surface area contributed by atoms with Crippen molar-refractivity contribution < 1.29 is 8.76 Å². The van der Waals surface area contributed by atoms with Gasteiger partial charge in [-0.3, -0.25) is 0 Å². The first-order valence-corrected chi connectivity index (χ1v) is 5.24. The summed E-state index contributed by atoms with van der Waals surface area (Å²) in [6, 6.07) is 1.95. The Balaban J connectivity index is 3.53. The highest BCUT2D eigenvalue weighted by molar-refractivity contribution is 7.79. The van der Waals surface area contributed by atoms with Gasteiger partial charge in [-0.25, -0.2) is 4.21 Å². The first kappa shape index (κ1) is 10.4. The molecule has 1 N–H and O–H groups in total. The molecule has 1 aromatic carbocycles. The second-order valence-corrected chi connectivity index (χ2v) is 4.25. The average Bonchev–Trinajstić information content (AvgIpc) is 1.99. The fourth-order valence-electron chi connectivity index (χ4n) is 1.53. The van der Waals surface area contributed by atoms with Crippen LogP contribution in [0.3, 0.4) is 0 Å². The predicted molar refractivity (Wildman–Crippen MR) is 54.4 cm³/mol. The summed E-state index contributed by atoms with van der Waals surface area (Å²) in [4.78, 5) is 0.558. The van der Waals surface area contributed by atoms with Gasteiger partial charge in [0.1, 0.15) is 0 Å². The molecule has 0 fully saturated rings. The van der Waals surface area contributed by atoms with Crippen molar-refractivity contribution in [1.29, 1.82) is 0 Å². The van der Waals surface area contributed by atoms with Crippen LogP contribution in [0.1, 0.15) is 22.3 Å². The molecule has 0 aliphatic rings. The van der Waals surface area contributed by atoms with E-state index >= 15 is 0 Å². The fourth-order valence-corrected chi connectivity index (χ4v) is 2.28. The number of hydrogen-bond donors (Lipinski definition) is 1. The first-order valence-electron chi connectivity index (χ1n) is 4.13. The molecule has 0 radical (unpaired) electrons. The third-order valence-corrected chi connectivity index (χ3v) is 3.44. The van der Waals surface area contributed by atoms with Crippen LogP contribution in [0.2, 0.25) is 0 Å². The van der Waals surface area contributed by atoms with E-state index in [1.54, 1.807) is 0 Å². The third-order valence-electron chi connectivity index (χ3n) is 2.46. The van der Waals surface area contributed by atoms with Crippen LogP contribution >= 0.6 is 0 Å². The van der Waals surface area contributed by atoms with E-state index in [1.165, 1.54) is 5.56 Å². The third kappa shape index (κ3) is 1.81. The van der Waals surface area contributed by atoms with Crippen molar-refractivity contribution in [2.24, 2.45) is 0 Å². The Morgan fingerprint density at radius 3 is 2.08 bits per heavy atom. The average molecular weight is 198 g/mol. The largest absolute Gasteiger partial charge is 0.302 e. The molecule has 0 aliphatic carbocycles. The number of benzene rings is 1. The van der Waals surface area contributed by atoms with Gasteiger partial charge in [0.05, 0.1) is 4.90 Å². The molecule has 1 atom stereocenters. The molecule has 0 amide bonds. The zero-order valence-corrected chi connectivity index (χ0v) is 9.16. The smallest absolute Gasteiger partial charge is 0.187 e. The van der Waals surface area contributed by atoms with E-state index < -0.39 is 11.1 Å². The van der Waals surface area contributed by atoms with Gasteiger partial charge >= 0.3 is 0 Å². The molecule has 13 heavy (non-hydrogen) atoms. The summed E-state index contributed by atoms with van der Waals surface area (Å²) in [6.07, 6.45) is 0. The van der Waals surface area contributed by atoms with Crippen molar-refractivity contribution in [2.75, 3.05) is 0 Å². The summed E-state index contributed by atoms with van der Waals surface area (Å²) in [6.45, 7) is 7.74. The highest BCUT2D eigenvalue weighted by Gasteiger charge is 2.11. The van der Waals surface area contributed by atoms with Crippen LogP contribution in [0, 0.1) is 27.7 Å². The Kier molecular flexibility index (Phi) is 2.88. The molecule has 0 aliphatic heterocycles. The minimum Gasteiger partial charge on any atom is -0.302 e. The van der Waals surface area contributed by atoms with Gasteiger partial charge in [0.2, 0.25) is 0 Å². The highest BCUT2D eigenvalue weighted by atomic mass is 32.2. The fraction of sp³-hybridized carbons (Fsp3) is 0.400. The van der Waals surface area contributed by atoms with Gasteiger partial charge in [-0.15, -0.1) is 0 Å². The Morgan fingerprint density at radius 2 is 1.62 bits per heavy atom. The quantitative estimate of drug-likeness (QED) is 0.704. The lowest BCUT2D eigenvalue weighted by Gasteiger charge is -2.11. The minimum absolute atomic E-state index is 0.558. The van der Waals surface area contributed by atoms with E-state index in [2.05, 4.69) is 0 Å². The lowest BCUT2D eigenvalue weighted by molar-refractivity contribution is 0.563. The minimum atomic E-state index is -1.87. The van der Waals surface area contributed by atoms with Gasteiger partial charge < -0.3 is 4.55 Å². The second kappa shape index (κ2) is 3.60. The zero-order chi connectivity index (χ0) is 10.2. The molecule has 0 aromatic heterocycles. The maximum Gasteiger partial charge on any atom is 0.187 e. The van der Waals surface area contributed by atoms with Crippen molar-refractivity contribution in [2.45, 2.75) is 32.6 Å². The van der Waals surface area contributed by atoms with Crippen LogP contribution in [-0.2, 0) is 11.1 Å². The second-order valence-electron chi connectivity index (χ2n) is 3.34.